The Morgan fingerprint density at radius 2 is 1.70 bits per heavy atom. The summed E-state index contributed by atoms with van der Waals surface area (Å²) in [5.74, 6) is -0.541. The van der Waals surface area contributed by atoms with Crippen molar-refractivity contribution in [3.63, 3.8) is 0 Å². The maximum atomic E-state index is 11.7. The summed E-state index contributed by atoms with van der Waals surface area (Å²) in [6.07, 6.45) is 0. The van der Waals surface area contributed by atoms with Crippen LogP contribution in [-0.2, 0) is 9.53 Å². The van der Waals surface area contributed by atoms with Gasteiger partial charge in [0.25, 0.3) is 0 Å². The molecule has 20 heavy (non-hydrogen) atoms. The van der Waals surface area contributed by atoms with E-state index in [1.165, 1.54) is 7.11 Å². The van der Waals surface area contributed by atoms with E-state index in [0.717, 1.165) is 0 Å². The third-order valence-corrected chi connectivity index (χ3v) is 2.84. The molecule has 0 bridgehead atoms. The molecular weight excluding hydrogens is 256 g/mol. The molecule has 0 radical (unpaired) electrons. The first-order chi connectivity index (χ1) is 9.54. The van der Waals surface area contributed by atoms with Crippen molar-refractivity contribution in [1.29, 1.82) is 0 Å². The number of esters is 2. The molecule has 0 N–H and O–H groups in total. The number of benzene rings is 2. The van der Waals surface area contributed by atoms with Crippen LogP contribution in [0.4, 0.5) is 0 Å². The van der Waals surface area contributed by atoms with Crippen LogP contribution in [0.2, 0.25) is 0 Å². The number of carbonyl (C=O) groups is 2. The van der Waals surface area contributed by atoms with Gasteiger partial charge in [-0.3, -0.25) is 0 Å². The summed E-state index contributed by atoms with van der Waals surface area (Å²) in [7, 11) is 1.33. The van der Waals surface area contributed by atoms with E-state index < -0.39 is 11.9 Å². The lowest BCUT2D eigenvalue weighted by atomic mass is 10.0. The molecule has 0 aliphatic carbocycles. The second kappa shape index (κ2) is 5.57. The molecular formula is C16H14O4. The Kier molecular flexibility index (Phi) is 3.84. The van der Waals surface area contributed by atoms with Crippen LogP contribution in [0, 0.1) is 0 Å². The van der Waals surface area contributed by atoms with Gasteiger partial charge in [0.1, 0.15) is 5.75 Å². The number of carbonyl (C=O) groups excluding carboxylic acids is 2. The number of hydrogen-bond donors (Lipinski definition) is 0. The van der Waals surface area contributed by atoms with Gasteiger partial charge in [-0.05, 0) is 24.4 Å². The van der Waals surface area contributed by atoms with Gasteiger partial charge in [0, 0.05) is 11.0 Å². The number of fused-ring (bicyclic) bond motifs is 1. The molecule has 0 unspecified atom stereocenters. The van der Waals surface area contributed by atoms with Crippen LogP contribution in [0.5, 0.6) is 5.75 Å². The zero-order chi connectivity index (χ0) is 14.7. The van der Waals surface area contributed by atoms with E-state index in [4.69, 9.17) is 9.47 Å². The molecule has 0 atom stereocenters. The summed E-state index contributed by atoms with van der Waals surface area (Å²) in [6, 6.07) is 10.3. The highest BCUT2D eigenvalue weighted by atomic mass is 16.5. The van der Waals surface area contributed by atoms with Crippen molar-refractivity contribution in [2.24, 2.45) is 0 Å². The Balaban J connectivity index is 2.56. The van der Waals surface area contributed by atoms with Crippen molar-refractivity contribution in [2.45, 2.75) is 6.92 Å². The van der Waals surface area contributed by atoms with E-state index in [2.05, 4.69) is 6.58 Å². The van der Waals surface area contributed by atoms with Gasteiger partial charge in [-0.25, -0.2) is 9.59 Å². The van der Waals surface area contributed by atoms with Crippen molar-refractivity contribution in [3.05, 3.63) is 54.1 Å². The van der Waals surface area contributed by atoms with E-state index in [-0.39, 0.29) is 0 Å². The zero-order valence-electron chi connectivity index (χ0n) is 11.3. The second-order valence-electron chi connectivity index (χ2n) is 4.32. The van der Waals surface area contributed by atoms with Gasteiger partial charge in [0.15, 0.2) is 0 Å². The number of rotatable bonds is 3. The summed E-state index contributed by atoms with van der Waals surface area (Å²) in [6.45, 7) is 5.12. The highest BCUT2D eigenvalue weighted by molar-refractivity contribution is 6.06. The van der Waals surface area contributed by atoms with Crippen LogP contribution in [0.25, 0.3) is 10.8 Å². The molecule has 0 spiro atoms. The lowest BCUT2D eigenvalue weighted by molar-refractivity contribution is -0.129. The van der Waals surface area contributed by atoms with Crippen LogP contribution in [0.3, 0.4) is 0 Å². The van der Waals surface area contributed by atoms with Gasteiger partial charge in [0.2, 0.25) is 0 Å². The van der Waals surface area contributed by atoms with E-state index in [0.29, 0.717) is 27.7 Å². The minimum Gasteiger partial charge on any atom is -0.465 e. The molecule has 0 aromatic heterocycles. The normalized spacial score (nSPS) is 10.1. The highest BCUT2D eigenvalue weighted by Gasteiger charge is 2.14. The smallest absolute Gasteiger partial charge is 0.338 e. The molecule has 0 aliphatic heterocycles. The van der Waals surface area contributed by atoms with Crippen molar-refractivity contribution >= 4 is 22.7 Å². The molecule has 2 rings (SSSR count). The fourth-order valence-corrected chi connectivity index (χ4v) is 1.85. The Labute approximate surface area is 116 Å². The fourth-order valence-electron chi connectivity index (χ4n) is 1.85. The maximum Gasteiger partial charge on any atom is 0.338 e. The molecule has 4 heteroatoms. The summed E-state index contributed by atoms with van der Waals surface area (Å²) in [4.78, 5) is 23.3. The Hall–Kier alpha value is -2.62. The van der Waals surface area contributed by atoms with Gasteiger partial charge >= 0.3 is 11.9 Å². The monoisotopic (exact) mass is 270 g/mol. The van der Waals surface area contributed by atoms with Crippen LogP contribution in [0.1, 0.15) is 17.3 Å². The predicted molar refractivity (Wildman–Crippen MR) is 75.7 cm³/mol. The van der Waals surface area contributed by atoms with Crippen LogP contribution < -0.4 is 4.74 Å². The fraction of sp³-hybridized carbons (Fsp3) is 0.125. The van der Waals surface area contributed by atoms with Gasteiger partial charge in [0.05, 0.1) is 12.7 Å². The van der Waals surface area contributed by atoms with E-state index in [1.807, 2.05) is 0 Å². The lowest BCUT2D eigenvalue weighted by Crippen LogP contribution is -2.09. The van der Waals surface area contributed by atoms with Crippen molar-refractivity contribution in [2.75, 3.05) is 7.11 Å². The molecule has 4 nitrogen and oxygen atoms in total. The summed E-state index contributed by atoms with van der Waals surface area (Å²) < 4.78 is 10.0. The SMILES string of the molecule is C=C(C)C(=O)Oc1cccc2c(C(=O)OC)cccc12. The Morgan fingerprint density at radius 3 is 2.35 bits per heavy atom. The molecule has 0 heterocycles. The Bertz CT molecular complexity index is 701. The van der Waals surface area contributed by atoms with E-state index in [9.17, 15) is 9.59 Å². The standard InChI is InChI=1S/C16H14O4/c1-10(2)15(17)20-14-9-5-6-11-12(14)7-4-8-13(11)16(18)19-3/h4-9H,1H2,2-3H3. The number of ether oxygens (including phenoxy) is 2. The van der Waals surface area contributed by atoms with Crippen LogP contribution in [0.15, 0.2) is 48.6 Å². The van der Waals surface area contributed by atoms with E-state index in [1.54, 1.807) is 43.3 Å². The largest absolute Gasteiger partial charge is 0.465 e. The van der Waals surface area contributed by atoms with Crippen LogP contribution >= 0.6 is 0 Å². The third-order valence-electron chi connectivity index (χ3n) is 2.84. The molecule has 0 fully saturated rings. The predicted octanol–water partition coefficient (Wildman–Crippen LogP) is 3.11. The summed E-state index contributed by atoms with van der Waals surface area (Å²) in [5.41, 5.74) is 0.740. The van der Waals surface area contributed by atoms with Crippen molar-refractivity contribution < 1.29 is 19.1 Å². The molecule has 0 aliphatic rings. The average Bonchev–Trinajstić information content (AvgIpc) is 2.46. The van der Waals surface area contributed by atoms with Crippen LogP contribution in [-0.4, -0.2) is 19.0 Å². The molecule has 2 aromatic carbocycles. The lowest BCUT2D eigenvalue weighted by Gasteiger charge is -2.09. The minimum atomic E-state index is -0.499. The Morgan fingerprint density at radius 1 is 1.05 bits per heavy atom. The molecule has 0 amide bonds. The zero-order valence-corrected chi connectivity index (χ0v) is 11.3. The molecule has 0 saturated carbocycles. The van der Waals surface area contributed by atoms with Gasteiger partial charge in [-0.15, -0.1) is 0 Å². The second-order valence-corrected chi connectivity index (χ2v) is 4.32. The summed E-state index contributed by atoms with van der Waals surface area (Å²) >= 11 is 0. The number of hydrogen-bond acceptors (Lipinski definition) is 4. The molecule has 102 valence electrons. The topological polar surface area (TPSA) is 52.6 Å². The quantitative estimate of drug-likeness (QED) is 0.488. The molecule has 0 saturated heterocycles. The first-order valence-corrected chi connectivity index (χ1v) is 6.02. The number of methoxy groups -OCH3 is 1. The van der Waals surface area contributed by atoms with Crippen molar-refractivity contribution in [3.8, 4) is 5.75 Å². The average molecular weight is 270 g/mol. The molecule has 2 aromatic rings. The highest BCUT2D eigenvalue weighted by Crippen LogP contribution is 2.28. The van der Waals surface area contributed by atoms with Gasteiger partial charge < -0.3 is 9.47 Å². The third kappa shape index (κ3) is 2.54. The summed E-state index contributed by atoms with van der Waals surface area (Å²) in [5, 5.41) is 1.34. The van der Waals surface area contributed by atoms with Gasteiger partial charge in [-0.1, -0.05) is 30.8 Å². The van der Waals surface area contributed by atoms with Crippen molar-refractivity contribution in [1.82, 2.24) is 0 Å². The maximum absolute atomic E-state index is 11.7. The van der Waals surface area contributed by atoms with Gasteiger partial charge in [-0.2, -0.15) is 0 Å². The van der Waals surface area contributed by atoms with E-state index >= 15 is 0 Å². The first-order valence-electron chi connectivity index (χ1n) is 6.02. The minimum absolute atomic E-state index is 0.311. The first kappa shape index (κ1) is 13.8.